The molecular formula is C4H12KO4P. The van der Waals surface area contributed by atoms with Crippen molar-refractivity contribution in [1.29, 1.82) is 0 Å². The van der Waals surface area contributed by atoms with Crippen molar-refractivity contribution in [1.82, 2.24) is 0 Å². The van der Waals surface area contributed by atoms with Crippen molar-refractivity contribution >= 4 is 7.82 Å². The van der Waals surface area contributed by atoms with Gasteiger partial charge < -0.3 is 11.2 Å². The molecule has 0 amide bonds. The van der Waals surface area contributed by atoms with Gasteiger partial charge in [0.2, 0.25) is 0 Å². The molecule has 0 rings (SSSR count). The average molecular weight is 194 g/mol. The van der Waals surface area contributed by atoms with E-state index < -0.39 is 7.82 Å². The molecule has 0 aliphatic heterocycles. The van der Waals surface area contributed by atoms with Crippen LogP contribution in [-0.2, 0) is 9.09 Å². The van der Waals surface area contributed by atoms with E-state index in [4.69, 9.17) is 9.79 Å². The van der Waals surface area contributed by atoms with Gasteiger partial charge in [0.25, 0.3) is 0 Å². The van der Waals surface area contributed by atoms with E-state index in [1.165, 1.54) is 0 Å². The Hall–Kier alpha value is 1.75. The molecule has 0 saturated heterocycles. The number of phosphoric ester groups is 1. The van der Waals surface area contributed by atoms with Crippen LogP contribution in [0.5, 0.6) is 0 Å². The van der Waals surface area contributed by atoms with E-state index in [9.17, 15) is 4.57 Å². The Labute approximate surface area is 104 Å². The molecule has 0 fully saturated rings. The van der Waals surface area contributed by atoms with Crippen molar-refractivity contribution in [3.05, 3.63) is 0 Å². The van der Waals surface area contributed by atoms with Crippen LogP contribution in [0, 0.1) is 0 Å². The zero-order chi connectivity index (χ0) is 7.33. The number of unbranched alkanes of at least 4 members (excludes halogenated alkanes) is 1. The summed E-state index contributed by atoms with van der Waals surface area (Å²) in [6.07, 6.45) is 1.56. The minimum atomic E-state index is -4.20. The number of hydrogen-bond donors (Lipinski definition) is 2. The summed E-state index contributed by atoms with van der Waals surface area (Å²) in [4.78, 5) is 16.3. The maximum absolute atomic E-state index is 9.98. The molecule has 4 nitrogen and oxygen atoms in total. The third-order valence-electron chi connectivity index (χ3n) is 0.757. The third kappa shape index (κ3) is 12.4. The molecule has 0 aromatic rings. The predicted molar refractivity (Wildman–Crippen MR) is 34.0 cm³/mol. The number of hydrogen-bond acceptors (Lipinski definition) is 2. The van der Waals surface area contributed by atoms with Gasteiger partial charge in [-0.3, -0.25) is 4.52 Å². The van der Waals surface area contributed by atoms with Crippen LogP contribution in [0.1, 0.15) is 21.2 Å². The van der Waals surface area contributed by atoms with E-state index in [2.05, 4.69) is 4.52 Å². The fraction of sp³-hybridized carbons (Fsp3) is 1.00. The Bertz CT molecular complexity index is 117. The number of rotatable bonds is 4. The monoisotopic (exact) mass is 194 g/mol. The van der Waals surface area contributed by atoms with Gasteiger partial charge in [0.15, 0.2) is 0 Å². The Kier molecular flexibility index (Phi) is 10.6. The van der Waals surface area contributed by atoms with E-state index in [0.29, 0.717) is 6.42 Å². The molecule has 0 saturated carbocycles. The Balaban J connectivity index is -0.000000320. The fourth-order valence-corrected chi connectivity index (χ4v) is 0.695. The molecule has 58 valence electrons. The summed E-state index contributed by atoms with van der Waals surface area (Å²) >= 11 is 0. The standard InChI is InChI=1S/C4H11O4P.K.H/c1-2-3-4-8-9(5,6)7;;/h2-4H2,1H3,(H2,5,6,7);;/q;+1;-1. The molecule has 0 aliphatic carbocycles. The van der Waals surface area contributed by atoms with Crippen molar-refractivity contribution in [3.8, 4) is 0 Å². The van der Waals surface area contributed by atoms with Gasteiger partial charge in [0.1, 0.15) is 0 Å². The van der Waals surface area contributed by atoms with Gasteiger partial charge in [0.05, 0.1) is 6.61 Å². The van der Waals surface area contributed by atoms with Crippen molar-refractivity contribution in [2.24, 2.45) is 0 Å². The molecule has 0 heterocycles. The summed E-state index contributed by atoms with van der Waals surface area (Å²) in [6.45, 7) is 2.06. The summed E-state index contributed by atoms with van der Waals surface area (Å²) in [7, 11) is -4.20. The maximum atomic E-state index is 9.98. The minimum Gasteiger partial charge on any atom is -1.00 e. The van der Waals surface area contributed by atoms with E-state index in [1.54, 1.807) is 0 Å². The Morgan fingerprint density at radius 3 is 2.40 bits per heavy atom. The molecule has 10 heavy (non-hydrogen) atoms. The summed E-state index contributed by atoms with van der Waals surface area (Å²) in [5.41, 5.74) is 0. The van der Waals surface area contributed by atoms with Gasteiger partial charge in [0, 0.05) is 0 Å². The smallest absolute Gasteiger partial charge is 1.00 e. The van der Waals surface area contributed by atoms with Crippen LogP contribution in [0.25, 0.3) is 0 Å². The van der Waals surface area contributed by atoms with E-state index in [1.807, 2.05) is 6.92 Å². The zero-order valence-corrected chi connectivity index (χ0v) is 10.3. The van der Waals surface area contributed by atoms with Gasteiger partial charge >= 0.3 is 59.2 Å². The first-order valence-electron chi connectivity index (χ1n) is 2.76. The summed E-state index contributed by atoms with van der Waals surface area (Å²) in [6, 6.07) is 0. The zero-order valence-electron chi connectivity index (χ0n) is 7.28. The largest absolute Gasteiger partial charge is 1.00 e. The van der Waals surface area contributed by atoms with Crippen LogP contribution in [-0.4, -0.2) is 16.4 Å². The van der Waals surface area contributed by atoms with E-state index in [0.717, 1.165) is 6.42 Å². The average Bonchev–Trinajstić information content (AvgIpc) is 1.63. The van der Waals surface area contributed by atoms with Gasteiger partial charge in [-0.2, -0.15) is 0 Å². The normalized spacial score (nSPS) is 10.7. The van der Waals surface area contributed by atoms with Gasteiger partial charge in [-0.1, -0.05) is 13.3 Å². The second kappa shape index (κ2) is 7.40. The van der Waals surface area contributed by atoms with Crippen LogP contribution >= 0.6 is 7.82 Å². The third-order valence-corrected chi connectivity index (χ3v) is 1.28. The quantitative estimate of drug-likeness (QED) is 0.309. The predicted octanol–water partition coefficient (Wildman–Crippen LogP) is -1.99. The number of phosphoric acid groups is 1. The van der Waals surface area contributed by atoms with Crippen LogP contribution in [0.3, 0.4) is 0 Å². The molecule has 0 aliphatic rings. The summed E-state index contributed by atoms with van der Waals surface area (Å²) in [5.74, 6) is 0. The summed E-state index contributed by atoms with van der Waals surface area (Å²) < 4.78 is 14.1. The van der Waals surface area contributed by atoms with Crippen LogP contribution in [0.4, 0.5) is 0 Å². The van der Waals surface area contributed by atoms with Crippen molar-refractivity contribution < 1.29 is 71.7 Å². The first-order chi connectivity index (χ1) is 4.06. The Morgan fingerprint density at radius 2 is 2.10 bits per heavy atom. The molecule has 0 unspecified atom stereocenters. The topological polar surface area (TPSA) is 66.8 Å². The fourth-order valence-electron chi connectivity index (χ4n) is 0.328. The van der Waals surface area contributed by atoms with E-state index >= 15 is 0 Å². The first-order valence-corrected chi connectivity index (χ1v) is 4.29. The molecule has 0 atom stereocenters. The minimum absolute atomic E-state index is 0. The molecule has 0 bridgehead atoms. The molecule has 0 aromatic carbocycles. The SMILES string of the molecule is CCCCOP(=O)(O)O.[H-].[K+]. The molecule has 2 N–H and O–H groups in total. The van der Waals surface area contributed by atoms with Gasteiger partial charge in [-0.15, -0.1) is 0 Å². The van der Waals surface area contributed by atoms with Gasteiger partial charge in [-0.05, 0) is 6.42 Å². The van der Waals surface area contributed by atoms with E-state index in [-0.39, 0.29) is 59.4 Å². The maximum Gasteiger partial charge on any atom is 1.00 e. The van der Waals surface area contributed by atoms with Gasteiger partial charge in [-0.25, -0.2) is 4.57 Å². The first kappa shape index (κ1) is 14.3. The van der Waals surface area contributed by atoms with Crippen LogP contribution < -0.4 is 51.4 Å². The molecular weight excluding hydrogens is 182 g/mol. The molecule has 6 heteroatoms. The van der Waals surface area contributed by atoms with Crippen molar-refractivity contribution in [2.75, 3.05) is 6.61 Å². The van der Waals surface area contributed by atoms with Crippen molar-refractivity contribution in [3.63, 3.8) is 0 Å². The van der Waals surface area contributed by atoms with Crippen LogP contribution in [0.2, 0.25) is 0 Å². The second-order valence-corrected chi connectivity index (χ2v) is 2.92. The molecule has 0 aromatic heterocycles. The van der Waals surface area contributed by atoms with Crippen molar-refractivity contribution in [2.45, 2.75) is 19.8 Å². The molecule has 0 radical (unpaired) electrons. The Morgan fingerprint density at radius 1 is 1.60 bits per heavy atom. The second-order valence-electron chi connectivity index (χ2n) is 1.68. The summed E-state index contributed by atoms with van der Waals surface area (Å²) in [5, 5.41) is 0. The van der Waals surface area contributed by atoms with Crippen LogP contribution in [0.15, 0.2) is 0 Å². The molecule has 0 spiro atoms.